The van der Waals surface area contributed by atoms with Crippen LogP contribution >= 0.6 is 15.9 Å². The Kier molecular flexibility index (Phi) is 7.34. The summed E-state index contributed by atoms with van der Waals surface area (Å²) in [6.07, 6.45) is 8.75. The summed E-state index contributed by atoms with van der Waals surface area (Å²) in [5.74, 6) is 1.67. The van der Waals surface area contributed by atoms with E-state index >= 15 is 0 Å². The normalized spacial score (nSPS) is 30.1. The highest BCUT2D eigenvalue weighted by molar-refractivity contribution is 9.09. The quantitative estimate of drug-likeness (QED) is 0.439. The maximum Gasteiger partial charge on any atom is 0.162 e. The minimum absolute atomic E-state index is 0.158. The Bertz CT molecular complexity index is 573. The van der Waals surface area contributed by atoms with Crippen molar-refractivity contribution in [3.8, 4) is 0 Å². The van der Waals surface area contributed by atoms with E-state index in [0.717, 1.165) is 32.1 Å². The number of halogens is 1. The summed E-state index contributed by atoms with van der Waals surface area (Å²) in [6.45, 7) is 4.44. The number of Topliss-reactive ketones (excluding diaryl/α,β-unsaturated/α-hetero) is 1. The SMILES string of the molecule is CCCC(CC(=O)C1OC2CCC1CC2C(Br)CCC)c1ccccc1. The molecule has 6 unspecified atom stereocenters. The van der Waals surface area contributed by atoms with Gasteiger partial charge < -0.3 is 4.74 Å². The summed E-state index contributed by atoms with van der Waals surface area (Å²) in [4.78, 5) is 13.6. The van der Waals surface area contributed by atoms with Crippen molar-refractivity contribution in [2.24, 2.45) is 11.8 Å². The predicted octanol–water partition coefficient (Wildman–Crippen LogP) is 6.28. The lowest BCUT2D eigenvalue weighted by atomic mass is 9.70. The summed E-state index contributed by atoms with van der Waals surface area (Å²) in [7, 11) is 0. The Morgan fingerprint density at radius 2 is 1.88 bits per heavy atom. The summed E-state index contributed by atoms with van der Waals surface area (Å²) < 4.78 is 6.36. The van der Waals surface area contributed by atoms with Gasteiger partial charge in [-0.1, -0.05) is 73.0 Å². The molecular weight excluding hydrogens is 388 g/mol. The van der Waals surface area contributed by atoms with Crippen molar-refractivity contribution in [2.75, 3.05) is 0 Å². The third kappa shape index (κ3) is 4.59. The lowest BCUT2D eigenvalue weighted by Crippen LogP contribution is -2.52. The highest BCUT2D eigenvalue weighted by atomic mass is 79.9. The van der Waals surface area contributed by atoms with E-state index in [1.165, 1.54) is 18.4 Å². The highest BCUT2D eigenvalue weighted by Crippen LogP contribution is 2.45. The van der Waals surface area contributed by atoms with E-state index in [1.807, 2.05) is 6.07 Å². The van der Waals surface area contributed by atoms with Crippen molar-refractivity contribution >= 4 is 21.7 Å². The summed E-state index contributed by atoms with van der Waals surface area (Å²) in [5.41, 5.74) is 1.30. The van der Waals surface area contributed by atoms with Crippen LogP contribution in [0, 0.1) is 11.8 Å². The van der Waals surface area contributed by atoms with Crippen LogP contribution in [0.2, 0.25) is 0 Å². The molecule has 0 aromatic heterocycles. The van der Waals surface area contributed by atoms with Crippen LogP contribution in [0.25, 0.3) is 0 Å². The molecule has 0 N–H and O–H groups in total. The lowest BCUT2D eigenvalue weighted by Gasteiger charge is -2.48. The van der Waals surface area contributed by atoms with Gasteiger partial charge >= 0.3 is 0 Å². The Morgan fingerprint density at radius 3 is 2.50 bits per heavy atom. The van der Waals surface area contributed by atoms with Gasteiger partial charge in [0.05, 0.1) is 6.10 Å². The van der Waals surface area contributed by atoms with Gasteiger partial charge in [-0.3, -0.25) is 4.79 Å². The second-order valence-electron chi connectivity index (χ2n) is 8.20. The Morgan fingerprint density at radius 1 is 1.15 bits per heavy atom. The van der Waals surface area contributed by atoms with Gasteiger partial charge in [0.15, 0.2) is 5.78 Å². The van der Waals surface area contributed by atoms with Crippen LogP contribution in [0.4, 0.5) is 0 Å². The number of carbonyl (C=O) groups excluding carboxylic acids is 1. The van der Waals surface area contributed by atoms with Crippen molar-refractivity contribution in [3.05, 3.63) is 35.9 Å². The molecule has 0 spiro atoms. The van der Waals surface area contributed by atoms with Gasteiger partial charge in [0.2, 0.25) is 0 Å². The Balaban J connectivity index is 1.63. The van der Waals surface area contributed by atoms with Gasteiger partial charge in [-0.25, -0.2) is 0 Å². The van der Waals surface area contributed by atoms with E-state index in [0.29, 0.717) is 34.8 Å². The number of hydrogen-bond acceptors (Lipinski definition) is 2. The number of benzene rings is 1. The maximum atomic E-state index is 13.1. The Hall–Kier alpha value is -0.670. The predicted molar refractivity (Wildman–Crippen MR) is 111 cm³/mol. The number of rotatable bonds is 9. The molecule has 3 fully saturated rings. The highest BCUT2D eigenvalue weighted by Gasteiger charge is 2.47. The van der Waals surface area contributed by atoms with E-state index in [1.54, 1.807) is 0 Å². The smallest absolute Gasteiger partial charge is 0.162 e. The molecule has 1 aliphatic carbocycles. The second kappa shape index (κ2) is 9.50. The van der Waals surface area contributed by atoms with Gasteiger partial charge in [-0.2, -0.15) is 0 Å². The lowest BCUT2D eigenvalue weighted by molar-refractivity contribution is -0.172. The average molecular weight is 421 g/mol. The third-order valence-electron chi connectivity index (χ3n) is 6.33. The van der Waals surface area contributed by atoms with Gasteiger partial charge in [-0.15, -0.1) is 0 Å². The molecule has 144 valence electrons. The summed E-state index contributed by atoms with van der Waals surface area (Å²) in [5, 5.41) is 0. The molecule has 1 aromatic rings. The summed E-state index contributed by atoms with van der Waals surface area (Å²) in [6, 6.07) is 10.5. The molecule has 2 nitrogen and oxygen atoms in total. The first kappa shape index (κ1) is 20.1. The second-order valence-corrected chi connectivity index (χ2v) is 9.38. The first-order valence-electron chi connectivity index (χ1n) is 10.5. The zero-order valence-corrected chi connectivity index (χ0v) is 17.8. The van der Waals surface area contributed by atoms with Gasteiger partial charge in [0.1, 0.15) is 6.10 Å². The van der Waals surface area contributed by atoms with Gasteiger partial charge in [-0.05, 0) is 55.4 Å². The molecule has 0 radical (unpaired) electrons. The zero-order chi connectivity index (χ0) is 18.5. The molecule has 0 amide bonds. The van der Waals surface area contributed by atoms with Crippen LogP contribution < -0.4 is 0 Å². The first-order chi connectivity index (χ1) is 12.6. The van der Waals surface area contributed by atoms with E-state index in [9.17, 15) is 4.79 Å². The van der Waals surface area contributed by atoms with Crippen molar-refractivity contribution < 1.29 is 9.53 Å². The molecule has 3 heteroatoms. The third-order valence-corrected chi connectivity index (χ3v) is 7.46. The van der Waals surface area contributed by atoms with Crippen molar-refractivity contribution in [2.45, 2.75) is 88.2 Å². The fourth-order valence-corrected chi connectivity index (χ4v) is 6.00. The van der Waals surface area contributed by atoms with E-state index in [2.05, 4.69) is 54.0 Å². The number of carbonyl (C=O) groups is 1. The molecule has 2 heterocycles. The van der Waals surface area contributed by atoms with Crippen LogP contribution in [0.5, 0.6) is 0 Å². The molecule has 2 saturated heterocycles. The maximum absolute atomic E-state index is 13.1. The summed E-state index contributed by atoms with van der Waals surface area (Å²) >= 11 is 3.88. The number of hydrogen-bond donors (Lipinski definition) is 0. The van der Waals surface area contributed by atoms with E-state index < -0.39 is 0 Å². The van der Waals surface area contributed by atoms with Crippen LogP contribution in [0.15, 0.2) is 30.3 Å². The van der Waals surface area contributed by atoms with Crippen molar-refractivity contribution in [1.29, 1.82) is 0 Å². The number of ketones is 1. The molecule has 2 aliphatic heterocycles. The Labute approximate surface area is 167 Å². The van der Waals surface area contributed by atoms with E-state index in [4.69, 9.17) is 4.74 Å². The van der Waals surface area contributed by atoms with Crippen LogP contribution in [-0.2, 0) is 9.53 Å². The van der Waals surface area contributed by atoms with Crippen LogP contribution in [0.3, 0.4) is 0 Å². The van der Waals surface area contributed by atoms with Crippen LogP contribution in [0.1, 0.15) is 76.7 Å². The van der Waals surface area contributed by atoms with Crippen LogP contribution in [-0.4, -0.2) is 22.8 Å². The minimum atomic E-state index is -0.158. The standard InChI is InChI=1S/C23H33BrO2/c1-3-8-17(16-10-6-5-7-11-16)15-21(25)23-18-12-13-22(26-23)19(14-18)20(24)9-4-2/h5-7,10-11,17-20,22-23H,3-4,8-9,12-15H2,1-2H3. The number of ether oxygens (including phenoxy) is 1. The van der Waals surface area contributed by atoms with E-state index in [-0.39, 0.29) is 12.2 Å². The first-order valence-corrected chi connectivity index (χ1v) is 11.4. The molecule has 2 bridgehead atoms. The molecule has 4 rings (SSSR count). The molecule has 1 saturated carbocycles. The van der Waals surface area contributed by atoms with Crippen molar-refractivity contribution in [1.82, 2.24) is 0 Å². The fourth-order valence-electron chi connectivity index (χ4n) is 4.98. The van der Waals surface area contributed by atoms with Crippen molar-refractivity contribution in [3.63, 3.8) is 0 Å². The largest absolute Gasteiger partial charge is 0.367 e. The zero-order valence-electron chi connectivity index (χ0n) is 16.2. The molecule has 6 atom stereocenters. The molecule has 1 aromatic carbocycles. The minimum Gasteiger partial charge on any atom is -0.367 e. The number of alkyl halides is 1. The van der Waals surface area contributed by atoms with Gasteiger partial charge in [0, 0.05) is 11.2 Å². The fraction of sp³-hybridized carbons (Fsp3) is 0.696. The molecular formula is C23H33BrO2. The van der Waals surface area contributed by atoms with Gasteiger partial charge in [0.25, 0.3) is 0 Å². The monoisotopic (exact) mass is 420 g/mol. The molecule has 3 aliphatic rings. The topological polar surface area (TPSA) is 26.3 Å². The molecule has 26 heavy (non-hydrogen) atoms. The average Bonchev–Trinajstić information content (AvgIpc) is 2.68. The number of fused-ring (bicyclic) bond motifs is 3.